The highest BCUT2D eigenvalue weighted by Crippen LogP contribution is 2.37. The lowest BCUT2D eigenvalue weighted by Gasteiger charge is -2.29. The second kappa shape index (κ2) is 3.05. The molecule has 1 saturated carbocycles. The van der Waals surface area contributed by atoms with Crippen molar-refractivity contribution in [1.82, 2.24) is 0 Å². The number of halogens is 2. The Kier molecular flexibility index (Phi) is 2.47. The molecule has 1 atom stereocenters. The van der Waals surface area contributed by atoms with Gasteiger partial charge in [0, 0.05) is 12.8 Å². The van der Waals surface area contributed by atoms with E-state index in [1.54, 1.807) is 6.92 Å². The fraction of sp³-hybridized carbons (Fsp3) is 1.00. The zero-order chi connectivity index (χ0) is 8.48. The topological polar surface area (TPSA) is 20.2 Å². The monoisotopic (exact) mass is 164 g/mol. The lowest BCUT2D eigenvalue weighted by Crippen LogP contribution is -2.29. The average Bonchev–Trinajstić information content (AvgIpc) is 1.86. The number of alkyl halides is 2. The highest BCUT2D eigenvalue weighted by atomic mass is 19.3. The van der Waals surface area contributed by atoms with Gasteiger partial charge in [-0.05, 0) is 25.7 Å². The maximum atomic E-state index is 12.6. The van der Waals surface area contributed by atoms with Gasteiger partial charge in [0.25, 0.3) is 0 Å². The molecule has 0 aliphatic heterocycles. The van der Waals surface area contributed by atoms with Crippen molar-refractivity contribution in [2.45, 2.75) is 44.6 Å². The van der Waals surface area contributed by atoms with E-state index in [1.165, 1.54) is 0 Å². The van der Waals surface area contributed by atoms with Gasteiger partial charge in [-0.3, -0.25) is 0 Å². The molecule has 66 valence electrons. The molecule has 0 aromatic rings. The number of rotatable bonds is 1. The van der Waals surface area contributed by atoms with Crippen LogP contribution in [0.15, 0.2) is 0 Å². The van der Waals surface area contributed by atoms with Crippen molar-refractivity contribution in [1.29, 1.82) is 0 Å². The van der Waals surface area contributed by atoms with Crippen LogP contribution in [0, 0.1) is 5.92 Å². The van der Waals surface area contributed by atoms with E-state index in [9.17, 15) is 8.78 Å². The van der Waals surface area contributed by atoms with E-state index in [4.69, 9.17) is 5.11 Å². The average molecular weight is 164 g/mol. The van der Waals surface area contributed by atoms with Crippen LogP contribution < -0.4 is 0 Å². The summed E-state index contributed by atoms with van der Waals surface area (Å²) in [6.07, 6.45) is 0.395. The van der Waals surface area contributed by atoms with Crippen LogP contribution >= 0.6 is 0 Å². The van der Waals surface area contributed by atoms with Gasteiger partial charge in [0.2, 0.25) is 5.92 Å². The predicted molar refractivity (Wildman–Crippen MR) is 38.6 cm³/mol. The van der Waals surface area contributed by atoms with Gasteiger partial charge in [-0.2, -0.15) is 0 Å². The first kappa shape index (κ1) is 8.91. The summed E-state index contributed by atoms with van der Waals surface area (Å²) in [5.74, 6) is -2.37. The Morgan fingerprint density at radius 3 is 2.18 bits per heavy atom. The van der Waals surface area contributed by atoms with Crippen molar-refractivity contribution in [3.63, 3.8) is 0 Å². The third-order valence-electron chi connectivity index (χ3n) is 2.44. The molecule has 1 fully saturated rings. The van der Waals surface area contributed by atoms with Crippen LogP contribution in [0.3, 0.4) is 0 Å². The molecule has 1 rings (SSSR count). The van der Waals surface area contributed by atoms with Crippen LogP contribution in [0.1, 0.15) is 32.6 Å². The predicted octanol–water partition coefficient (Wildman–Crippen LogP) is 2.19. The van der Waals surface area contributed by atoms with Crippen LogP contribution in [-0.4, -0.2) is 17.1 Å². The SMILES string of the molecule is CC(O)C1CCC(F)(F)CC1. The standard InChI is InChI=1S/C8H14F2O/c1-6(11)7-2-4-8(9,10)5-3-7/h6-7,11H,2-5H2,1H3. The van der Waals surface area contributed by atoms with Crippen LogP contribution in [0.5, 0.6) is 0 Å². The molecule has 0 aromatic carbocycles. The molecule has 0 amide bonds. The first-order valence-electron chi connectivity index (χ1n) is 4.07. The first-order chi connectivity index (χ1) is 5.01. The van der Waals surface area contributed by atoms with Crippen molar-refractivity contribution in [3.8, 4) is 0 Å². The molecule has 0 bridgehead atoms. The lowest BCUT2D eigenvalue weighted by atomic mass is 9.84. The summed E-state index contributed by atoms with van der Waals surface area (Å²) in [5, 5.41) is 9.10. The summed E-state index contributed by atoms with van der Waals surface area (Å²) in [4.78, 5) is 0. The van der Waals surface area contributed by atoms with Crippen LogP contribution in [0.25, 0.3) is 0 Å². The van der Waals surface area contributed by atoms with Crippen molar-refractivity contribution >= 4 is 0 Å². The smallest absolute Gasteiger partial charge is 0.248 e. The first-order valence-corrected chi connectivity index (χ1v) is 4.07. The zero-order valence-corrected chi connectivity index (χ0v) is 6.69. The Hall–Kier alpha value is -0.180. The minimum absolute atomic E-state index is 0.0530. The summed E-state index contributed by atoms with van der Waals surface area (Å²) in [7, 11) is 0. The van der Waals surface area contributed by atoms with Gasteiger partial charge in [0.1, 0.15) is 0 Å². The molecule has 11 heavy (non-hydrogen) atoms. The van der Waals surface area contributed by atoms with Gasteiger partial charge < -0.3 is 5.11 Å². The summed E-state index contributed by atoms with van der Waals surface area (Å²) < 4.78 is 25.1. The van der Waals surface area contributed by atoms with Crippen molar-refractivity contribution < 1.29 is 13.9 Å². The van der Waals surface area contributed by atoms with E-state index < -0.39 is 12.0 Å². The maximum Gasteiger partial charge on any atom is 0.248 e. The second-order valence-corrected chi connectivity index (χ2v) is 3.43. The molecule has 1 aliphatic carbocycles. The molecule has 0 heterocycles. The summed E-state index contributed by atoms with van der Waals surface area (Å²) in [6.45, 7) is 1.67. The molecule has 1 aliphatic rings. The largest absolute Gasteiger partial charge is 0.393 e. The second-order valence-electron chi connectivity index (χ2n) is 3.43. The summed E-state index contributed by atoms with van der Waals surface area (Å²) in [6, 6.07) is 0. The van der Waals surface area contributed by atoms with Crippen molar-refractivity contribution in [2.24, 2.45) is 5.92 Å². The van der Waals surface area contributed by atoms with E-state index in [2.05, 4.69) is 0 Å². The van der Waals surface area contributed by atoms with E-state index >= 15 is 0 Å². The van der Waals surface area contributed by atoms with Crippen molar-refractivity contribution in [3.05, 3.63) is 0 Å². The molecule has 1 nitrogen and oxygen atoms in total. The lowest BCUT2D eigenvalue weighted by molar-refractivity contribution is -0.0598. The van der Waals surface area contributed by atoms with E-state index in [1.807, 2.05) is 0 Å². The normalized spacial score (nSPS) is 28.4. The quantitative estimate of drug-likeness (QED) is 0.629. The highest BCUT2D eigenvalue weighted by Gasteiger charge is 2.36. The van der Waals surface area contributed by atoms with Gasteiger partial charge in [0.05, 0.1) is 6.10 Å². The van der Waals surface area contributed by atoms with Gasteiger partial charge in [-0.25, -0.2) is 8.78 Å². The van der Waals surface area contributed by atoms with Gasteiger partial charge in [-0.1, -0.05) is 0 Å². The van der Waals surface area contributed by atoms with E-state index in [0.717, 1.165) is 0 Å². The third kappa shape index (κ3) is 2.40. The van der Waals surface area contributed by atoms with Crippen LogP contribution in [-0.2, 0) is 0 Å². The molecule has 0 aromatic heterocycles. The molecule has 0 radical (unpaired) electrons. The summed E-state index contributed by atoms with van der Waals surface area (Å²) in [5.41, 5.74) is 0. The molecule has 1 unspecified atom stereocenters. The number of hydrogen-bond donors (Lipinski definition) is 1. The molecule has 0 spiro atoms. The minimum atomic E-state index is -2.47. The van der Waals surface area contributed by atoms with Crippen molar-refractivity contribution in [2.75, 3.05) is 0 Å². The Morgan fingerprint density at radius 2 is 1.82 bits per heavy atom. The molecule has 3 heteroatoms. The number of aliphatic hydroxyl groups is 1. The van der Waals surface area contributed by atoms with Gasteiger partial charge in [0.15, 0.2) is 0 Å². The fourth-order valence-electron chi connectivity index (χ4n) is 1.54. The maximum absolute atomic E-state index is 12.6. The Morgan fingerprint density at radius 1 is 1.36 bits per heavy atom. The van der Waals surface area contributed by atoms with E-state index in [-0.39, 0.29) is 18.8 Å². The Bertz CT molecular complexity index is 124. The van der Waals surface area contributed by atoms with E-state index in [0.29, 0.717) is 12.8 Å². The zero-order valence-electron chi connectivity index (χ0n) is 6.69. The highest BCUT2D eigenvalue weighted by molar-refractivity contribution is 4.79. The van der Waals surface area contributed by atoms with Crippen LogP contribution in [0.2, 0.25) is 0 Å². The minimum Gasteiger partial charge on any atom is -0.393 e. The Labute approximate surface area is 65.4 Å². The molecular weight excluding hydrogens is 150 g/mol. The van der Waals surface area contributed by atoms with Gasteiger partial charge >= 0.3 is 0 Å². The molecule has 0 saturated heterocycles. The molecular formula is C8H14F2O. The van der Waals surface area contributed by atoms with Gasteiger partial charge in [-0.15, -0.1) is 0 Å². The van der Waals surface area contributed by atoms with Crippen LogP contribution in [0.4, 0.5) is 8.78 Å². The third-order valence-corrected chi connectivity index (χ3v) is 2.44. The number of aliphatic hydroxyl groups excluding tert-OH is 1. The summed E-state index contributed by atoms with van der Waals surface area (Å²) >= 11 is 0. The molecule has 1 N–H and O–H groups in total. The Balaban J connectivity index is 2.36. The number of hydrogen-bond acceptors (Lipinski definition) is 1. The fourth-order valence-corrected chi connectivity index (χ4v) is 1.54.